The summed E-state index contributed by atoms with van der Waals surface area (Å²) < 4.78 is 19.3. The second-order valence-corrected chi connectivity index (χ2v) is 7.68. The molecule has 0 saturated carbocycles. The molecule has 2 aromatic rings. The van der Waals surface area contributed by atoms with Crippen LogP contribution < -0.4 is 9.64 Å². The lowest BCUT2D eigenvalue weighted by molar-refractivity contribution is -0.123. The fraction of sp³-hybridized carbons (Fsp3) is 0.300. The maximum Gasteiger partial charge on any atom is 0.268 e. The Hall–Kier alpha value is -2.54. The highest BCUT2D eigenvalue weighted by molar-refractivity contribution is 8.01. The van der Waals surface area contributed by atoms with Crippen LogP contribution >= 0.6 is 11.8 Å². The number of amides is 2. The molecule has 7 heteroatoms. The number of carbonyl (C=O) groups excluding carboxylic acids is 2. The minimum Gasteiger partial charge on any atom is -0.497 e. The normalized spacial score (nSPS) is 21.1. The molecule has 4 rings (SSSR count). The second-order valence-electron chi connectivity index (χ2n) is 6.39. The van der Waals surface area contributed by atoms with Crippen molar-refractivity contribution in [3.63, 3.8) is 0 Å². The molecule has 0 bridgehead atoms. The third kappa shape index (κ3) is 2.52. The zero-order chi connectivity index (χ0) is 19.2. The summed E-state index contributed by atoms with van der Waals surface area (Å²) >= 11 is 1.39. The van der Waals surface area contributed by atoms with Gasteiger partial charge in [0.2, 0.25) is 0 Å². The van der Waals surface area contributed by atoms with E-state index < -0.39 is 10.7 Å². The van der Waals surface area contributed by atoms with Gasteiger partial charge in [0, 0.05) is 30.0 Å². The lowest BCUT2D eigenvalue weighted by Crippen LogP contribution is -2.50. The Morgan fingerprint density at radius 3 is 2.85 bits per heavy atom. The van der Waals surface area contributed by atoms with E-state index in [0.29, 0.717) is 41.4 Å². The minimum absolute atomic E-state index is 0.190. The van der Waals surface area contributed by atoms with E-state index in [1.165, 1.54) is 31.0 Å². The quantitative estimate of drug-likeness (QED) is 0.813. The SMILES string of the molecule is CCN1C(=O)[C@@]2(SCCN2C(=O)c2cccc(OC)c2)c2cc(F)ccc21. The Balaban J connectivity index is 1.83. The summed E-state index contributed by atoms with van der Waals surface area (Å²) in [5, 5.41) is 0. The minimum atomic E-state index is -1.21. The van der Waals surface area contributed by atoms with Crippen molar-refractivity contribution in [2.24, 2.45) is 0 Å². The molecule has 1 saturated heterocycles. The van der Waals surface area contributed by atoms with E-state index in [0.717, 1.165) is 0 Å². The average molecular weight is 386 g/mol. The van der Waals surface area contributed by atoms with Gasteiger partial charge in [-0.25, -0.2) is 4.39 Å². The first-order valence-electron chi connectivity index (χ1n) is 8.75. The third-order valence-corrected chi connectivity index (χ3v) is 6.45. The summed E-state index contributed by atoms with van der Waals surface area (Å²) in [5.74, 6) is 0.306. The van der Waals surface area contributed by atoms with Crippen molar-refractivity contribution in [3.8, 4) is 5.75 Å². The number of anilines is 1. The lowest BCUT2D eigenvalue weighted by atomic mass is 10.0. The molecule has 1 spiro atoms. The van der Waals surface area contributed by atoms with Gasteiger partial charge in [0.15, 0.2) is 4.87 Å². The molecule has 0 aliphatic carbocycles. The fourth-order valence-corrected chi connectivity index (χ4v) is 5.27. The molecule has 0 N–H and O–H groups in total. The Kier molecular flexibility index (Phi) is 4.34. The zero-order valence-electron chi connectivity index (χ0n) is 15.1. The number of hydrogen-bond donors (Lipinski definition) is 0. The molecule has 5 nitrogen and oxygen atoms in total. The number of thioether (sulfide) groups is 1. The molecule has 2 amide bonds. The lowest BCUT2D eigenvalue weighted by Gasteiger charge is -2.33. The van der Waals surface area contributed by atoms with Crippen molar-refractivity contribution < 1.29 is 18.7 Å². The number of halogens is 1. The van der Waals surface area contributed by atoms with Gasteiger partial charge in [-0.3, -0.25) is 9.59 Å². The van der Waals surface area contributed by atoms with E-state index in [-0.39, 0.29) is 11.8 Å². The van der Waals surface area contributed by atoms with Gasteiger partial charge in [-0.05, 0) is 43.3 Å². The first-order chi connectivity index (χ1) is 13.0. The van der Waals surface area contributed by atoms with E-state index in [1.54, 1.807) is 40.1 Å². The molecule has 2 heterocycles. The van der Waals surface area contributed by atoms with Crippen molar-refractivity contribution in [2.75, 3.05) is 30.9 Å². The van der Waals surface area contributed by atoms with Gasteiger partial charge >= 0.3 is 0 Å². The standard InChI is InChI=1S/C20H19FN2O3S/c1-3-22-17-8-7-14(21)12-16(17)20(19(22)25)23(9-10-27-20)18(24)13-5-4-6-15(11-13)26-2/h4-8,11-12H,3,9-10H2,1-2H3/t20-/m0/s1. The summed E-state index contributed by atoms with van der Waals surface area (Å²) in [5.41, 5.74) is 1.66. The van der Waals surface area contributed by atoms with Crippen LogP contribution in [-0.4, -0.2) is 42.7 Å². The number of hydrogen-bond acceptors (Lipinski definition) is 4. The van der Waals surface area contributed by atoms with E-state index in [9.17, 15) is 14.0 Å². The van der Waals surface area contributed by atoms with Gasteiger partial charge in [0.05, 0.1) is 12.8 Å². The number of fused-ring (bicyclic) bond motifs is 2. The predicted molar refractivity (Wildman–Crippen MR) is 103 cm³/mol. The van der Waals surface area contributed by atoms with Gasteiger partial charge in [0.1, 0.15) is 11.6 Å². The van der Waals surface area contributed by atoms with Gasteiger partial charge in [-0.1, -0.05) is 6.07 Å². The molecule has 2 aliphatic heterocycles. The molecule has 0 radical (unpaired) electrons. The number of carbonyl (C=O) groups is 2. The number of likely N-dealkylation sites (N-methyl/N-ethyl adjacent to an activating group) is 1. The van der Waals surface area contributed by atoms with Crippen LogP contribution in [0.1, 0.15) is 22.8 Å². The van der Waals surface area contributed by atoms with E-state index >= 15 is 0 Å². The van der Waals surface area contributed by atoms with Crippen LogP contribution in [0, 0.1) is 5.82 Å². The number of benzene rings is 2. The summed E-state index contributed by atoms with van der Waals surface area (Å²) in [6, 6.07) is 11.2. The second kappa shape index (κ2) is 6.56. The monoisotopic (exact) mass is 386 g/mol. The van der Waals surface area contributed by atoms with Crippen LogP contribution in [0.2, 0.25) is 0 Å². The molecule has 1 atom stereocenters. The van der Waals surface area contributed by atoms with Crippen LogP contribution in [0.4, 0.5) is 10.1 Å². The van der Waals surface area contributed by atoms with Gasteiger partial charge in [-0.15, -0.1) is 11.8 Å². The molecule has 140 valence electrons. The van der Waals surface area contributed by atoms with Crippen molar-refractivity contribution in [1.82, 2.24) is 4.90 Å². The van der Waals surface area contributed by atoms with Crippen LogP contribution in [0.5, 0.6) is 5.75 Å². The smallest absolute Gasteiger partial charge is 0.268 e. The molecule has 27 heavy (non-hydrogen) atoms. The van der Waals surface area contributed by atoms with Crippen LogP contribution in [-0.2, 0) is 9.67 Å². The van der Waals surface area contributed by atoms with Crippen molar-refractivity contribution >= 4 is 29.3 Å². The molecular weight excluding hydrogens is 367 g/mol. The van der Waals surface area contributed by atoms with Crippen molar-refractivity contribution in [1.29, 1.82) is 0 Å². The Morgan fingerprint density at radius 2 is 2.11 bits per heavy atom. The number of ether oxygens (including phenoxy) is 1. The average Bonchev–Trinajstić information content (AvgIpc) is 3.23. The number of rotatable bonds is 3. The number of nitrogens with zero attached hydrogens (tertiary/aromatic N) is 2. The van der Waals surface area contributed by atoms with Gasteiger partial charge < -0.3 is 14.5 Å². The maximum atomic E-state index is 14.0. The zero-order valence-corrected chi connectivity index (χ0v) is 15.9. The Bertz CT molecular complexity index is 935. The molecule has 2 aromatic carbocycles. The first-order valence-corrected chi connectivity index (χ1v) is 9.73. The molecule has 0 aromatic heterocycles. The molecule has 2 aliphatic rings. The Morgan fingerprint density at radius 1 is 1.30 bits per heavy atom. The van der Waals surface area contributed by atoms with Gasteiger partial charge in [-0.2, -0.15) is 0 Å². The summed E-state index contributed by atoms with van der Waals surface area (Å²) in [6.07, 6.45) is 0. The maximum absolute atomic E-state index is 14.0. The third-order valence-electron chi connectivity index (χ3n) is 5.03. The van der Waals surface area contributed by atoms with Crippen LogP contribution in [0.25, 0.3) is 0 Å². The first kappa shape index (κ1) is 17.9. The van der Waals surface area contributed by atoms with Crippen molar-refractivity contribution in [3.05, 3.63) is 59.4 Å². The molecule has 0 unspecified atom stereocenters. The van der Waals surface area contributed by atoms with Crippen LogP contribution in [0.15, 0.2) is 42.5 Å². The summed E-state index contributed by atoms with van der Waals surface area (Å²) in [4.78, 5) is 28.6. The predicted octanol–water partition coefficient (Wildman–Crippen LogP) is 3.24. The largest absolute Gasteiger partial charge is 0.497 e. The highest BCUT2D eigenvalue weighted by Gasteiger charge is 2.59. The summed E-state index contributed by atoms with van der Waals surface area (Å²) in [7, 11) is 1.54. The summed E-state index contributed by atoms with van der Waals surface area (Å²) in [6.45, 7) is 2.75. The molecular formula is C20H19FN2O3S. The number of methoxy groups -OCH3 is 1. The molecule has 1 fully saturated rings. The van der Waals surface area contributed by atoms with Gasteiger partial charge in [0.25, 0.3) is 11.8 Å². The topological polar surface area (TPSA) is 49.9 Å². The Labute approximate surface area is 161 Å². The fourth-order valence-electron chi connectivity index (χ4n) is 3.81. The van der Waals surface area contributed by atoms with E-state index in [4.69, 9.17) is 4.74 Å². The van der Waals surface area contributed by atoms with E-state index in [2.05, 4.69) is 0 Å². The van der Waals surface area contributed by atoms with Crippen molar-refractivity contribution in [2.45, 2.75) is 11.8 Å². The van der Waals surface area contributed by atoms with Crippen LogP contribution in [0.3, 0.4) is 0 Å². The van der Waals surface area contributed by atoms with E-state index in [1.807, 2.05) is 6.92 Å². The highest BCUT2D eigenvalue weighted by atomic mass is 32.2. The highest BCUT2D eigenvalue weighted by Crippen LogP contribution is 2.54.